The Hall–Kier alpha value is -2.94. The monoisotopic (exact) mass is 314 g/mol. The van der Waals surface area contributed by atoms with Gasteiger partial charge in [-0.05, 0) is 31.2 Å². The van der Waals surface area contributed by atoms with Crippen LogP contribution in [0.2, 0.25) is 0 Å². The van der Waals surface area contributed by atoms with Gasteiger partial charge in [-0.25, -0.2) is 0 Å². The molecule has 4 aromatic rings. The highest BCUT2D eigenvalue weighted by Gasteiger charge is 2.32. The zero-order valence-electron chi connectivity index (χ0n) is 13.7. The molecule has 1 aliphatic heterocycles. The molecule has 1 aliphatic rings. The third-order valence-electron chi connectivity index (χ3n) is 5.10. The Bertz CT molecular complexity index is 1070. The Labute approximate surface area is 140 Å². The van der Waals surface area contributed by atoms with Gasteiger partial charge in [0.25, 0.3) is 0 Å². The molecule has 0 bridgehead atoms. The molecule has 0 amide bonds. The van der Waals surface area contributed by atoms with Crippen LogP contribution in [-0.4, -0.2) is 13.2 Å². The number of hydrogen-bond donors (Lipinski definition) is 0. The molecule has 3 aromatic carbocycles. The minimum Gasteiger partial charge on any atom is -0.454 e. The van der Waals surface area contributed by atoms with Gasteiger partial charge in [0.2, 0.25) is 0 Å². The maximum Gasteiger partial charge on any atom is 0.159 e. The van der Waals surface area contributed by atoms with E-state index in [1.165, 1.54) is 22.1 Å². The third-order valence-corrected chi connectivity index (χ3v) is 5.10. The van der Waals surface area contributed by atoms with Crippen molar-refractivity contribution < 1.29 is 4.42 Å². The van der Waals surface area contributed by atoms with Gasteiger partial charge in [-0.3, -0.25) is 0 Å². The van der Waals surface area contributed by atoms with Crippen LogP contribution in [0.5, 0.6) is 0 Å². The Morgan fingerprint density at radius 3 is 2.29 bits per heavy atom. The lowest BCUT2D eigenvalue weighted by Gasteiger charge is -2.27. The van der Waals surface area contributed by atoms with Crippen LogP contribution >= 0.6 is 0 Å². The lowest BCUT2D eigenvalue weighted by Crippen LogP contribution is -2.35. The van der Waals surface area contributed by atoms with E-state index in [4.69, 9.17) is 4.42 Å². The van der Waals surface area contributed by atoms with Crippen molar-refractivity contribution in [2.75, 3.05) is 16.8 Å². The first-order valence-corrected chi connectivity index (χ1v) is 8.27. The largest absolute Gasteiger partial charge is 0.454 e. The van der Waals surface area contributed by atoms with Gasteiger partial charge in [-0.1, -0.05) is 42.5 Å². The maximum absolute atomic E-state index is 6.23. The van der Waals surface area contributed by atoms with Crippen LogP contribution in [0.3, 0.4) is 0 Å². The quantitative estimate of drug-likeness (QED) is 0.461. The van der Waals surface area contributed by atoms with Crippen LogP contribution in [0.15, 0.2) is 71.1 Å². The topological polar surface area (TPSA) is 19.6 Å². The van der Waals surface area contributed by atoms with Crippen LogP contribution in [-0.2, 0) is 0 Å². The Balaban J connectivity index is 1.81. The minimum absolute atomic E-state index is 0.237. The molecule has 2 heterocycles. The maximum atomic E-state index is 6.23. The van der Waals surface area contributed by atoms with Crippen LogP contribution in [0.1, 0.15) is 6.92 Å². The second kappa shape index (κ2) is 4.78. The minimum atomic E-state index is 0.237. The van der Waals surface area contributed by atoms with Crippen LogP contribution in [0.4, 0.5) is 17.1 Å². The van der Waals surface area contributed by atoms with Gasteiger partial charge in [0.05, 0.1) is 17.1 Å². The van der Waals surface area contributed by atoms with Crippen molar-refractivity contribution in [2.24, 2.45) is 0 Å². The number of benzene rings is 3. The van der Waals surface area contributed by atoms with Crippen LogP contribution < -0.4 is 9.80 Å². The van der Waals surface area contributed by atoms with Crippen LogP contribution in [0, 0.1) is 0 Å². The molecular formula is C21H18N2O. The summed E-state index contributed by atoms with van der Waals surface area (Å²) in [6, 6.07) is 23.2. The van der Waals surface area contributed by atoms with Gasteiger partial charge in [0.1, 0.15) is 11.7 Å². The van der Waals surface area contributed by atoms with Gasteiger partial charge in [-0.2, -0.15) is 0 Å². The molecule has 1 aromatic heterocycles. The summed E-state index contributed by atoms with van der Waals surface area (Å²) in [5.41, 5.74) is 5.48. The molecule has 0 fully saturated rings. The van der Waals surface area contributed by atoms with Gasteiger partial charge < -0.3 is 14.2 Å². The average molecular weight is 314 g/mol. The average Bonchev–Trinajstić information content (AvgIpc) is 3.12. The molecule has 0 aliphatic carbocycles. The van der Waals surface area contributed by atoms with Crippen molar-refractivity contribution in [2.45, 2.75) is 13.1 Å². The smallest absolute Gasteiger partial charge is 0.159 e. The highest BCUT2D eigenvalue weighted by Crippen LogP contribution is 2.46. The van der Waals surface area contributed by atoms with E-state index in [-0.39, 0.29) is 6.17 Å². The Kier molecular flexibility index (Phi) is 2.69. The summed E-state index contributed by atoms with van der Waals surface area (Å²) in [6.07, 6.45) is 0.237. The number of fused-ring (bicyclic) bond motifs is 4. The molecule has 0 saturated heterocycles. The molecule has 0 N–H and O–H groups in total. The van der Waals surface area contributed by atoms with Gasteiger partial charge >= 0.3 is 0 Å². The number of para-hydroxylation sites is 4. The number of anilines is 3. The summed E-state index contributed by atoms with van der Waals surface area (Å²) in [7, 11) is 2.14. The summed E-state index contributed by atoms with van der Waals surface area (Å²) >= 11 is 0. The second-order valence-corrected chi connectivity index (χ2v) is 6.35. The van der Waals surface area contributed by atoms with Crippen molar-refractivity contribution in [1.29, 1.82) is 0 Å². The van der Waals surface area contributed by atoms with Gasteiger partial charge in [0.15, 0.2) is 5.58 Å². The molecule has 1 atom stereocenters. The van der Waals surface area contributed by atoms with Gasteiger partial charge in [0, 0.05) is 17.8 Å². The van der Waals surface area contributed by atoms with E-state index in [0.717, 1.165) is 16.9 Å². The summed E-state index contributed by atoms with van der Waals surface area (Å²) in [5, 5.41) is 2.34. The highest BCUT2D eigenvalue weighted by atomic mass is 16.3. The van der Waals surface area contributed by atoms with E-state index < -0.39 is 0 Å². The molecular weight excluding hydrogens is 296 g/mol. The number of hydrogen-bond acceptors (Lipinski definition) is 3. The second-order valence-electron chi connectivity index (χ2n) is 6.35. The summed E-state index contributed by atoms with van der Waals surface area (Å²) in [4.78, 5) is 4.66. The molecule has 24 heavy (non-hydrogen) atoms. The standard InChI is InChI=1S/C21H18N2O/c1-14-22(2)17-10-4-5-11-18(17)23(14)19-12-7-9-16-15-8-3-6-13-20(15)24-21(16)19/h3-14H,1-2H3/t14-/m0/s1. The molecule has 0 unspecified atom stereocenters. The van der Waals surface area contributed by atoms with E-state index in [0.29, 0.717) is 0 Å². The molecule has 0 radical (unpaired) electrons. The molecule has 118 valence electrons. The summed E-state index contributed by atoms with van der Waals surface area (Å²) < 4.78 is 6.23. The van der Waals surface area contributed by atoms with E-state index in [1.54, 1.807) is 0 Å². The van der Waals surface area contributed by atoms with Crippen molar-refractivity contribution in [3.8, 4) is 0 Å². The zero-order valence-corrected chi connectivity index (χ0v) is 13.7. The molecule has 5 rings (SSSR count). The molecule has 3 heteroatoms. The van der Waals surface area contributed by atoms with E-state index in [2.05, 4.69) is 78.4 Å². The first kappa shape index (κ1) is 13.5. The predicted molar refractivity (Wildman–Crippen MR) is 100 cm³/mol. The van der Waals surface area contributed by atoms with Crippen molar-refractivity contribution in [1.82, 2.24) is 0 Å². The Morgan fingerprint density at radius 1 is 0.750 bits per heavy atom. The molecule has 0 saturated carbocycles. The van der Waals surface area contributed by atoms with E-state index in [9.17, 15) is 0 Å². The third kappa shape index (κ3) is 1.67. The number of rotatable bonds is 1. The lowest BCUT2D eigenvalue weighted by atomic mass is 10.1. The molecule has 0 spiro atoms. The van der Waals surface area contributed by atoms with E-state index >= 15 is 0 Å². The fraction of sp³-hybridized carbons (Fsp3) is 0.143. The van der Waals surface area contributed by atoms with Crippen LogP contribution in [0.25, 0.3) is 21.9 Å². The first-order chi connectivity index (χ1) is 11.8. The normalized spacial score (nSPS) is 17.0. The predicted octanol–water partition coefficient (Wildman–Crippen LogP) is 5.52. The SMILES string of the molecule is C[C@H]1N(C)c2ccccc2N1c1cccc2c1oc1ccccc12. The van der Waals surface area contributed by atoms with Crippen molar-refractivity contribution in [3.05, 3.63) is 66.7 Å². The summed E-state index contributed by atoms with van der Waals surface area (Å²) in [5.74, 6) is 0. The molecule has 3 nitrogen and oxygen atoms in total. The number of furan rings is 1. The number of nitrogens with zero attached hydrogens (tertiary/aromatic N) is 2. The summed E-state index contributed by atoms with van der Waals surface area (Å²) in [6.45, 7) is 2.22. The fourth-order valence-corrected chi connectivity index (χ4v) is 3.79. The van der Waals surface area contributed by atoms with Crippen molar-refractivity contribution >= 4 is 39.0 Å². The lowest BCUT2D eigenvalue weighted by molar-refractivity contribution is 0.662. The fourth-order valence-electron chi connectivity index (χ4n) is 3.79. The Morgan fingerprint density at radius 2 is 1.42 bits per heavy atom. The van der Waals surface area contributed by atoms with Gasteiger partial charge in [-0.15, -0.1) is 0 Å². The highest BCUT2D eigenvalue weighted by molar-refractivity contribution is 6.10. The first-order valence-electron chi connectivity index (χ1n) is 8.27. The zero-order chi connectivity index (χ0) is 16.3. The van der Waals surface area contributed by atoms with E-state index in [1.807, 2.05) is 12.1 Å². The van der Waals surface area contributed by atoms with Crippen molar-refractivity contribution in [3.63, 3.8) is 0 Å².